The average molecular weight is 293 g/mol. The molecule has 20 heavy (non-hydrogen) atoms. The quantitative estimate of drug-likeness (QED) is 0.907. The van der Waals surface area contributed by atoms with Gasteiger partial charge in [-0.25, -0.2) is 8.78 Å². The van der Waals surface area contributed by atoms with Gasteiger partial charge >= 0.3 is 0 Å². The molecule has 2 aromatic carbocycles. The van der Waals surface area contributed by atoms with Crippen LogP contribution in [0.2, 0.25) is 0 Å². The Morgan fingerprint density at radius 2 is 1.80 bits per heavy atom. The zero-order chi connectivity index (χ0) is 14.4. The molecule has 0 unspecified atom stereocenters. The van der Waals surface area contributed by atoms with Crippen molar-refractivity contribution in [3.05, 3.63) is 65.7 Å². The van der Waals surface area contributed by atoms with E-state index < -0.39 is 0 Å². The smallest absolute Gasteiger partial charge is 0.234 e. The minimum Gasteiger partial charge on any atom is -0.325 e. The van der Waals surface area contributed by atoms with Gasteiger partial charge in [0.15, 0.2) is 0 Å². The van der Waals surface area contributed by atoms with Gasteiger partial charge in [0, 0.05) is 11.4 Å². The predicted octanol–water partition coefficient (Wildman–Crippen LogP) is 3.84. The molecule has 0 fully saturated rings. The minimum absolute atomic E-state index is 0.192. The third kappa shape index (κ3) is 4.66. The van der Waals surface area contributed by atoms with E-state index in [1.165, 1.54) is 42.1 Å². The van der Waals surface area contributed by atoms with E-state index in [9.17, 15) is 13.6 Å². The van der Waals surface area contributed by atoms with E-state index in [0.29, 0.717) is 11.4 Å². The van der Waals surface area contributed by atoms with Crippen LogP contribution in [0, 0.1) is 11.6 Å². The fourth-order valence-electron chi connectivity index (χ4n) is 1.61. The maximum absolute atomic E-state index is 12.9. The number of benzene rings is 2. The van der Waals surface area contributed by atoms with Crippen molar-refractivity contribution >= 4 is 23.4 Å². The summed E-state index contributed by atoms with van der Waals surface area (Å²) < 4.78 is 25.6. The van der Waals surface area contributed by atoms with Gasteiger partial charge in [-0.05, 0) is 35.9 Å². The molecule has 1 N–H and O–H groups in total. The van der Waals surface area contributed by atoms with Gasteiger partial charge in [-0.1, -0.05) is 18.2 Å². The van der Waals surface area contributed by atoms with Gasteiger partial charge in [0.05, 0.1) is 5.75 Å². The monoisotopic (exact) mass is 293 g/mol. The average Bonchev–Trinajstić information content (AvgIpc) is 2.41. The van der Waals surface area contributed by atoms with E-state index in [1.54, 1.807) is 18.2 Å². The van der Waals surface area contributed by atoms with Crippen LogP contribution in [-0.2, 0) is 10.5 Å². The van der Waals surface area contributed by atoms with Crippen LogP contribution in [0.1, 0.15) is 5.56 Å². The van der Waals surface area contributed by atoms with Gasteiger partial charge in [-0.3, -0.25) is 4.79 Å². The SMILES string of the molecule is O=C(CSCc1ccc(F)cc1)Nc1cccc(F)c1. The molecular weight excluding hydrogens is 280 g/mol. The van der Waals surface area contributed by atoms with Crippen molar-refractivity contribution in [3.8, 4) is 0 Å². The van der Waals surface area contributed by atoms with E-state index >= 15 is 0 Å². The summed E-state index contributed by atoms with van der Waals surface area (Å²) in [6, 6.07) is 11.9. The largest absolute Gasteiger partial charge is 0.325 e. The van der Waals surface area contributed by atoms with Crippen LogP contribution >= 0.6 is 11.8 Å². The molecule has 0 heterocycles. The Bertz CT molecular complexity index is 587. The Balaban J connectivity index is 1.76. The summed E-state index contributed by atoms with van der Waals surface area (Å²) in [6.45, 7) is 0. The summed E-state index contributed by atoms with van der Waals surface area (Å²) in [5, 5.41) is 2.62. The second-order valence-corrected chi connectivity index (χ2v) is 5.16. The molecule has 2 aromatic rings. The summed E-state index contributed by atoms with van der Waals surface area (Å²) in [5.74, 6) is 0.0251. The Morgan fingerprint density at radius 1 is 1.05 bits per heavy atom. The summed E-state index contributed by atoms with van der Waals surface area (Å²) in [7, 11) is 0. The fourth-order valence-corrected chi connectivity index (χ4v) is 2.39. The summed E-state index contributed by atoms with van der Waals surface area (Å²) in [4.78, 5) is 11.7. The van der Waals surface area contributed by atoms with Gasteiger partial charge < -0.3 is 5.32 Å². The second-order valence-electron chi connectivity index (χ2n) is 4.18. The third-order valence-corrected chi connectivity index (χ3v) is 3.53. The number of nitrogens with one attached hydrogen (secondary N) is 1. The second kappa shape index (κ2) is 7.05. The lowest BCUT2D eigenvalue weighted by molar-refractivity contribution is -0.113. The van der Waals surface area contributed by atoms with E-state index in [0.717, 1.165) is 5.56 Å². The summed E-state index contributed by atoms with van der Waals surface area (Å²) in [5.41, 5.74) is 1.40. The van der Waals surface area contributed by atoms with Gasteiger partial charge in [0.25, 0.3) is 0 Å². The zero-order valence-electron chi connectivity index (χ0n) is 10.6. The number of carbonyl (C=O) groups is 1. The molecule has 5 heteroatoms. The fraction of sp³-hybridized carbons (Fsp3) is 0.133. The Hall–Kier alpha value is -1.88. The normalized spacial score (nSPS) is 10.3. The standard InChI is InChI=1S/C15H13F2NOS/c16-12-6-4-11(5-7-12)9-20-10-15(19)18-14-3-1-2-13(17)8-14/h1-8H,9-10H2,(H,18,19). The number of thioether (sulfide) groups is 1. The van der Waals surface area contributed by atoms with Gasteiger partial charge in [-0.2, -0.15) is 0 Å². The molecule has 0 bridgehead atoms. The predicted molar refractivity (Wildman–Crippen MR) is 77.6 cm³/mol. The number of anilines is 1. The van der Waals surface area contributed by atoms with E-state index in [2.05, 4.69) is 5.32 Å². The molecule has 0 aromatic heterocycles. The molecule has 104 valence electrons. The molecule has 2 rings (SSSR count). The van der Waals surface area contributed by atoms with Crippen LogP contribution in [-0.4, -0.2) is 11.7 Å². The van der Waals surface area contributed by atoms with Crippen LogP contribution in [0.5, 0.6) is 0 Å². The zero-order valence-corrected chi connectivity index (χ0v) is 11.4. The highest BCUT2D eigenvalue weighted by atomic mass is 32.2. The van der Waals surface area contributed by atoms with Gasteiger partial charge in [0.1, 0.15) is 11.6 Å². The molecule has 2 nitrogen and oxygen atoms in total. The van der Waals surface area contributed by atoms with Crippen molar-refractivity contribution < 1.29 is 13.6 Å². The molecule has 0 aliphatic rings. The van der Waals surface area contributed by atoms with Gasteiger partial charge in [0.2, 0.25) is 5.91 Å². The molecule has 0 radical (unpaired) electrons. The molecule has 1 amide bonds. The third-order valence-electron chi connectivity index (χ3n) is 2.52. The summed E-state index contributed by atoms with van der Waals surface area (Å²) >= 11 is 1.42. The lowest BCUT2D eigenvalue weighted by Gasteiger charge is -2.05. The maximum atomic E-state index is 12.9. The molecule has 0 aliphatic carbocycles. The first-order valence-corrected chi connectivity index (χ1v) is 7.16. The molecular formula is C15H13F2NOS. The number of hydrogen-bond acceptors (Lipinski definition) is 2. The van der Waals surface area contributed by atoms with Crippen molar-refractivity contribution in [1.82, 2.24) is 0 Å². The van der Waals surface area contributed by atoms with Crippen LogP contribution < -0.4 is 5.32 Å². The number of carbonyl (C=O) groups excluding carboxylic acids is 1. The number of halogens is 2. The number of hydrogen-bond donors (Lipinski definition) is 1. The van der Waals surface area contributed by atoms with Crippen LogP contribution in [0.15, 0.2) is 48.5 Å². The first-order chi connectivity index (χ1) is 9.63. The van der Waals surface area contributed by atoms with Crippen LogP contribution in [0.3, 0.4) is 0 Å². The number of amides is 1. The lowest BCUT2D eigenvalue weighted by atomic mass is 10.2. The molecule has 0 saturated heterocycles. The number of rotatable bonds is 5. The Labute approximate surface area is 120 Å². The highest BCUT2D eigenvalue weighted by Gasteiger charge is 2.04. The molecule has 0 spiro atoms. The van der Waals surface area contributed by atoms with E-state index in [-0.39, 0.29) is 23.3 Å². The maximum Gasteiger partial charge on any atom is 0.234 e. The lowest BCUT2D eigenvalue weighted by Crippen LogP contribution is -2.14. The van der Waals surface area contributed by atoms with E-state index in [1.807, 2.05) is 0 Å². The van der Waals surface area contributed by atoms with E-state index in [4.69, 9.17) is 0 Å². The van der Waals surface area contributed by atoms with Crippen molar-refractivity contribution in [2.24, 2.45) is 0 Å². The van der Waals surface area contributed by atoms with Crippen LogP contribution in [0.4, 0.5) is 14.5 Å². The minimum atomic E-state index is -0.387. The Kier molecular flexibility index (Phi) is 5.12. The molecule has 0 aliphatic heterocycles. The molecule has 0 saturated carbocycles. The first-order valence-electron chi connectivity index (χ1n) is 6.01. The van der Waals surface area contributed by atoms with Crippen LogP contribution in [0.25, 0.3) is 0 Å². The van der Waals surface area contributed by atoms with Crippen molar-refractivity contribution in [2.75, 3.05) is 11.1 Å². The highest BCUT2D eigenvalue weighted by Crippen LogP contribution is 2.14. The Morgan fingerprint density at radius 3 is 2.50 bits per heavy atom. The summed E-state index contributed by atoms with van der Waals surface area (Å²) in [6.07, 6.45) is 0. The molecule has 0 atom stereocenters. The first kappa shape index (κ1) is 14.5. The highest BCUT2D eigenvalue weighted by molar-refractivity contribution is 7.99. The van der Waals surface area contributed by atoms with Crippen molar-refractivity contribution in [1.29, 1.82) is 0 Å². The van der Waals surface area contributed by atoms with Crippen molar-refractivity contribution in [2.45, 2.75) is 5.75 Å². The topological polar surface area (TPSA) is 29.1 Å². The van der Waals surface area contributed by atoms with Gasteiger partial charge in [-0.15, -0.1) is 11.8 Å². The van der Waals surface area contributed by atoms with Crippen molar-refractivity contribution in [3.63, 3.8) is 0 Å².